The van der Waals surface area contributed by atoms with E-state index in [4.69, 9.17) is 5.11 Å². The second kappa shape index (κ2) is 4.71. The van der Waals surface area contributed by atoms with Gasteiger partial charge in [-0.3, -0.25) is 0 Å². The number of rotatable bonds is 2. The zero-order valence-electron chi connectivity index (χ0n) is 7.39. The fourth-order valence-electron chi connectivity index (χ4n) is 0.877. The number of carboxylic acid groups (broad SMARTS) is 1. The van der Waals surface area contributed by atoms with Crippen LogP contribution in [0.15, 0.2) is 23.4 Å². The lowest BCUT2D eigenvalue weighted by molar-refractivity contribution is 0.0691. The molecule has 0 saturated heterocycles. The second-order valence-corrected chi connectivity index (χ2v) is 13.0. The van der Waals surface area contributed by atoms with Gasteiger partial charge in [0.05, 0.1) is 5.56 Å². The van der Waals surface area contributed by atoms with Crippen molar-refractivity contribution in [1.29, 1.82) is 0 Å². The van der Waals surface area contributed by atoms with Crippen molar-refractivity contribution in [3.63, 3.8) is 0 Å². The number of halogens is 3. The van der Waals surface area contributed by atoms with Crippen LogP contribution in [-0.4, -0.2) is 26.0 Å². The average Bonchev–Trinajstić information content (AvgIpc) is 2.16. The minimum Gasteiger partial charge on any atom is -0.478 e. The van der Waals surface area contributed by atoms with E-state index in [1.54, 1.807) is 0 Å². The summed E-state index contributed by atoms with van der Waals surface area (Å²) in [5.41, 5.74) is -0.384. The largest absolute Gasteiger partial charge is 0.478 e. The van der Waals surface area contributed by atoms with Gasteiger partial charge in [0.15, 0.2) is 5.03 Å². The van der Waals surface area contributed by atoms with E-state index >= 15 is 0 Å². The molecule has 0 atom stereocenters. The molecular formula is C7H4Br3NO4S. The van der Waals surface area contributed by atoms with Gasteiger partial charge < -0.3 is 5.11 Å². The molecule has 1 N–H and O–H groups in total. The molecule has 1 heterocycles. The van der Waals surface area contributed by atoms with E-state index in [2.05, 4.69) is 52.8 Å². The molecule has 1 aromatic rings. The zero-order chi connectivity index (χ0) is 12.6. The van der Waals surface area contributed by atoms with Crippen LogP contribution >= 0.6 is 47.8 Å². The van der Waals surface area contributed by atoms with Crippen LogP contribution in [0.2, 0.25) is 0 Å². The van der Waals surface area contributed by atoms with Gasteiger partial charge in [-0.1, -0.05) is 0 Å². The van der Waals surface area contributed by atoms with Gasteiger partial charge in [0.2, 0.25) is 11.3 Å². The number of hydrogen-bond acceptors (Lipinski definition) is 4. The van der Waals surface area contributed by atoms with Crippen LogP contribution in [0.3, 0.4) is 0 Å². The fourth-order valence-corrected chi connectivity index (χ4v) is 3.12. The Hall–Kier alpha value is 0.0100. The standard InChI is InChI=1S/C7H4Br3NO4S/c8-7(9,10)16(14,15)5-4(6(12)13)2-1-3-11-5/h1-3H,(H,12,13). The number of pyridine rings is 1. The lowest BCUT2D eigenvalue weighted by Gasteiger charge is -2.13. The highest BCUT2D eigenvalue weighted by atomic mass is 80.0. The summed E-state index contributed by atoms with van der Waals surface area (Å²) < 4.78 is 22.2. The van der Waals surface area contributed by atoms with E-state index in [1.807, 2.05) is 0 Å². The summed E-state index contributed by atoms with van der Waals surface area (Å²) in [4.78, 5) is 14.4. The Morgan fingerprint density at radius 1 is 1.38 bits per heavy atom. The summed E-state index contributed by atoms with van der Waals surface area (Å²) in [5.74, 6) is -1.36. The minimum absolute atomic E-state index is 0.384. The first kappa shape index (κ1) is 14.1. The van der Waals surface area contributed by atoms with Gasteiger partial charge in [-0.15, -0.1) is 0 Å². The van der Waals surface area contributed by atoms with Crippen molar-refractivity contribution in [3.05, 3.63) is 23.9 Å². The van der Waals surface area contributed by atoms with Gasteiger partial charge in [0.1, 0.15) is 0 Å². The van der Waals surface area contributed by atoms with Crippen LogP contribution in [-0.2, 0) is 9.84 Å². The van der Waals surface area contributed by atoms with Crippen molar-refractivity contribution >= 4 is 63.6 Å². The van der Waals surface area contributed by atoms with Crippen LogP contribution < -0.4 is 0 Å². The summed E-state index contributed by atoms with van der Waals surface area (Å²) in [6.45, 7) is 0. The molecule has 0 spiro atoms. The van der Waals surface area contributed by atoms with Gasteiger partial charge in [-0.05, 0) is 59.9 Å². The first-order valence-electron chi connectivity index (χ1n) is 3.67. The summed E-state index contributed by atoms with van der Waals surface area (Å²) in [6.07, 6.45) is 1.21. The molecular weight excluding hydrogens is 434 g/mol. The minimum atomic E-state index is -3.99. The number of carboxylic acids is 1. The van der Waals surface area contributed by atoms with E-state index in [0.717, 1.165) is 0 Å². The summed E-state index contributed by atoms with van der Waals surface area (Å²) in [6, 6.07) is 2.52. The zero-order valence-corrected chi connectivity index (χ0v) is 13.0. The van der Waals surface area contributed by atoms with E-state index in [1.165, 1.54) is 18.3 Å². The maximum atomic E-state index is 11.9. The smallest absolute Gasteiger partial charge is 0.338 e. The van der Waals surface area contributed by atoms with Crippen LogP contribution in [0.25, 0.3) is 0 Å². The molecule has 9 heteroatoms. The Morgan fingerprint density at radius 3 is 2.38 bits per heavy atom. The van der Waals surface area contributed by atoms with Gasteiger partial charge >= 0.3 is 5.97 Å². The molecule has 0 unspecified atom stereocenters. The predicted molar refractivity (Wildman–Crippen MR) is 67.9 cm³/mol. The summed E-state index contributed by atoms with van der Waals surface area (Å²) in [5, 5.41) is 8.32. The summed E-state index contributed by atoms with van der Waals surface area (Å²) in [7, 11) is -3.99. The quantitative estimate of drug-likeness (QED) is 0.718. The fraction of sp³-hybridized carbons (Fsp3) is 0.143. The van der Waals surface area contributed by atoms with Gasteiger partial charge in [-0.25, -0.2) is 18.2 Å². The van der Waals surface area contributed by atoms with Crippen molar-refractivity contribution in [2.24, 2.45) is 0 Å². The first-order valence-corrected chi connectivity index (χ1v) is 7.54. The Labute approximate surface area is 117 Å². The van der Waals surface area contributed by atoms with Crippen molar-refractivity contribution in [3.8, 4) is 0 Å². The van der Waals surface area contributed by atoms with Gasteiger partial charge in [0, 0.05) is 6.20 Å². The molecule has 0 aromatic carbocycles. The van der Waals surface area contributed by atoms with Gasteiger partial charge in [0.25, 0.3) is 0 Å². The third kappa shape index (κ3) is 2.63. The van der Waals surface area contributed by atoms with Crippen LogP contribution in [0.5, 0.6) is 0 Å². The number of carbonyl (C=O) groups is 1. The topological polar surface area (TPSA) is 84.3 Å². The van der Waals surface area contributed by atoms with Gasteiger partial charge in [-0.2, -0.15) is 0 Å². The van der Waals surface area contributed by atoms with E-state index in [-0.39, 0.29) is 5.56 Å². The molecule has 1 rings (SSSR count). The van der Waals surface area contributed by atoms with Crippen molar-refractivity contribution in [2.45, 2.75) is 6.50 Å². The number of hydrogen-bond donors (Lipinski definition) is 1. The highest BCUT2D eigenvalue weighted by Gasteiger charge is 2.40. The van der Waals surface area contributed by atoms with E-state index in [0.29, 0.717) is 0 Å². The molecule has 0 radical (unpaired) electrons. The molecule has 0 fully saturated rings. The van der Waals surface area contributed by atoms with Crippen molar-refractivity contribution in [2.75, 3.05) is 0 Å². The SMILES string of the molecule is O=C(O)c1cccnc1S(=O)(=O)C(Br)(Br)Br. The number of alkyl halides is 3. The van der Waals surface area contributed by atoms with E-state index in [9.17, 15) is 13.2 Å². The molecule has 0 aliphatic rings. The highest BCUT2D eigenvalue weighted by molar-refractivity contribution is 9.42. The Bertz CT molecular complexity index is 523. The molecule has 5 nitrogen and oxygen atoms in total. The Balaban J connectivity index is 3.52. The number of aromatic carboxylic acids is 1. The maximum absolute atomic E-state index is 11.9. The molecule has 0 saturated carbocycles. The Morgan fingerprint density at radius 2 is 1.94 bits per heavy atom. The molecule has 0 aliphatic heterocycles. The predicted octanol–water partition coefficient (Wildman–Crippen LogP) is 2.35. The molecule has 16 heavy (non-hydrogen) atoms. The number of sulfone groups is 1. The highest BCUT2D eigenvalue weighted by Crippen LogP contribution is 2.43. The van der Waals surface area contributed by atoms with Crippen molar-refractivity contribution in [1.82, 2.24) is 4.98 Å². The third-order valence-corrected chi connectivity index (χ3v) is 6.84. The van der Waals surface area contributed by atoms with Crippen LogP contribution in [0, 0.1) is 0 Å². The number of aromatic nitrogens is 1. The van der Waals surface area contributed by atoms with Crippen LogP contribution in [0.1, 0.15) is 10.4 Å². The molecule has 0 bridgehead atoms. The lowest BCUT2D eigenvalue weighted by atomic mass is 10.3. The normalized spacial score (nSPS) is 12.4. The first-order chi connectivity index (χ1) is 7.18. The molecule has 0 aliphatic carbocycles. The van der Waals surface area contributed by atoms with Crippen molar-refractivity contribution < 1.29 is 18.3 Å². The number of nitrogens with zero attached hydrogens (tertiary/aromatic N) is 1. The molecule has 0 amide bonds. The average molecular weight is 438 g/mol. The third-order valence-electron chi connectivity index (χ3n) is 1.56. The molecule has 88 valence electrons. The summed E-state index contributed by atoms with van der Waals surface area (Å²) >= 11 is 8.50. The lowest BCUT2D eigenvalue weighted by Crippen LogP contribution is -2.22. The Kier molecular flexibility index (Phi) is 4.14. The maximum Gasteiger partial charge on any atom is 0.338 e. The van der Waals surface area contributed by atoms with E-state index < -0.39 is 22.3 Å². The monoisotopic (exact) mass is 435 g/mol. The second-order valence-electron chi connectivity index (χ2n) is 2.61. The molecule has 1 aromatic heterocycles. The van der Waals surface area contributed by atoms with Crippen LogP contribution in [0.4, 0.5) is 0 Å².